The molecule has 0 spiro atoms. The Morgan fingerprint density at radius 1 is 1.44 bits per heavy atom. The van der Waals surface area contributed by atoms with Gasteiger partial charge in [0.05, 0.1) is 0 Å². The summed E-state index contributed by atoms with van der Waals surface area (Å²) in [5.41, 5.74) is 0.268. The molecule has 2 aliphatic rings. The minimum atomic E-state index is 0.268. The number of hydrogen-bond donors (Lipinski definition) is 1. The first-order valence-electron chi connectivity index (χ1n) is 6.47. The van der Waals surface area contributed by atoms with Gasteiger partial charge in [0.2, 0.25) is 5.91 Å². The number of amides is 1. The summed E-state index contributed by atoms with van der Waals surface area (Å²) in [6.45, 7) is 5.31. The smallest absolute Gasteiger partial charge is 0.223 e. The molecule has 0 aromatic rings. The van der Waals surface area contributed by atoms with Gasteiger partial charge in [-0.25, -0.2) is 0 Å². The lowest BCUT2D eigenvalue weighted by Gasteiger charge is -2.26. The number of rotatable bonds is 6. The minimum absolute atomic E-state index is 0.268. The van der Waals surface area contributed by atoms with Crippen LogP contribution in [0.15, 0.2) is 0 Å². The molecule has 16 heavy (non-hydrogen) atoms. The van der Waals surface area contributed by atoms with Crippen molar-refractivity contribution in [1.29, 1.82) is 0 Å². The summed E-state index contributed by atoms with van der Waals surface area (Å²) < 4.78 is 0. The molecule has 0 bridgehead atoms. The highest BCUT2D eigenvalue weighted by molar-refractivity contribution is 7.80. The van der Waals surface area contributed by atoms with Gasteiger partial charge in [-0.05, 0) is 42.8 Å². The maximum Gasteiger partial charge on any atom is 0.223 e. The molecule has 0 radical (unpaired) electrons. The molecule has 2 fully saturated rings. The average molecular weight is 241 g/mol. The van der Waals surface area contributed by atoms with Crippen LogP contribution in [-0.2, 0) is 4.79 Å². The third-order valence-corrected chi connectivity index (χ3v) is 4.36. The van der Waals surface area contributed by atoms with Crippen molar-refractivity contribution in [2.75, 3.05) is 12.3 Å². The number of nitrogens with zero attached hydrogens (tertiary/aromatic N) is 1. The number of carbonyl (C=O) groups excluding carboxylic acids is 1. The second-order valence-electron chi connectivity index (χ2n) is 6.01. The molecule has 0 saturated heterocycles. The normalized spacial score (nSPS) is 22.2. The van der Waals surface area contributed by atoms with Crippen LogP contribution in [0.1, 0.15) is 46.0 Å². The average Bonchev–Trinajstić information content (AvgIpc) is 3.09. The van der Waals surface area contributed by atoms with Crippen LogP contribution in [-0.4, -0.2) is 29.1 Å². The zero-order valence-electron chi connectivity index (χ0n) is 10.4. The molecule has 2 aliphatic carbocycles. The van der Waals surface area contributed by atoms with Gasteiger partial charge in [0.1, 0.15) is 0 Å². The van der Waals surface area contributed by atoms with Crippen molar-refractivity contribution in [3.05, 3.63) is 0 Å². The van der Waals surface area contributed by atoms with E-state index in [0.29, 0.717) is 17.9 Å². The van der Waals surface area contributed by atoms with Crippen molar-refractivity contribution in [3.63, 3.8) is 0 Å². The lowest BCUT2D eigenvalue weighted by atomic mass is 10.0. The predicted molar refractivity (Wildman–Crippen MR) is 69.7 cm³/mol. The summed E-state index contributed by atoms with van der Waals surface area (Å²) in [4.78, 5) is 14.4. The topological polar surface area (TPSA) is 20.3 Å². The quantitative estimate of drug-likeness (QED) is 0.709. The van der Waals surface area contributed by atoms with Gasteiger partial charge in [-0.1, -0.05) is 13.8 Å². The second kappa shape index (κ2) is 4.59. The SMILES string of the molecule is CC(C)CN(C(=O)CC1(CS)CC1)C1CC1. The molecule has 0 N–H and O–H groups in total. The Labute approximate surface area is 104 Å². The van der Waals surface area contributed by atoms with Crippen LogP contribution in [0.2, 0.25) is 0 Å². The Kier molecular flexibility index (Phi) is 3.53. The molecule has 0 aromatic heterocycles. The molecule has 1 amide bonds. The fourth-order valence-electron chi connectivity index (χ4n) is 2.22. The minimum Gasteiger partial charge on any atom is -0.339 e. The van der Waals surface area contributed by atoms with Crippen molar-refractivity contribution in [3.8, 4) is 0 Å². The highest BCUT2D eigenvalue weighted by Crippen LogP contribution is 2.50. The van der Waals surface area contributed by atoms with Gasteiger partial charge in [-0.3, -0.25) is 4.79 Å². The largest absolute Gasteiger partial charge is 0.339 e. The molecule has 92 valence electrons. The van der Waals surface area contributed by atoms with Crippen LogP contribution in [0, 0.1) is 11.3 Å². The highest BCUT2D eigenvalue weighted by Gasteiger charge is 2.45. The van der Waals surface area contributed by atoms with E-state index in [1.54, 1.807) is 0 Å². The fourth-order valence-corrected chi connectivity index (χ4v) is 2.65. The third kappa shape index (κ3) is 2.93. The van der Waals surface area contributed by atoms with Crippen LogP contribution < -0.4 is 0 Å². The fraction of sp³-hybridized carbons (Fsp3) is 0.923. The molecular weight excluding hydrogens is 218 g/mol. The molecule has 2 saturated carbocycles. The summed E-state index contributed by atoms with van der Waals surface area (Å²) in [6, 6.07) is 0.561. The van der Waals surface area contributed by atoms with Crippen LogP contribution in [0.4, 0.5) is 0 Å². The Morgan fingerprint density at radius 2 is 2.06 bits per heavy atom. The van der Waals surface area contributed by atoms with E-state index in [4.69, 9.17) is 0 Å². The molecule has 0 heterocycles. The summed E-state index contributed by atoms with van der Waals surface area (Å²) in [5, 5.41) is 0. The summed E-state index contributed by atoms with van der Waals surface area (Å²) in [5.74, 6) is 1.83. The van der Waals surface area contributed by atoms with E-state index in [9.17, 15) is 4.79 Å². The Morgan fingerprint density at radius 3 is 2.44 bits per heavy atom. The zero-order chi connectivity index (χ0) is 11.8. The number of thiol groups is 1. The molecular formula is C13H23NOS. The number of hydrogen-bond acceptors (Lipinski definition) is 2. The first-order valence-corrected chi connectivity index (χ1v) is 7.10. The maximum absolute atomic E-state index is 12.3. The maximum atomic E-state index is 12.3. The van der Waals surface area contributed by atoms with Crippen molar-refractivity contribution in [1.82, 2.24) is 4.90 Å². The Hall–Kier alpha value is -0.180. The van der Waals surface area contributed by atoms with Crippen LogP contribution in [0.5, 0.6) is 0 Å². The summed E-state index contributed by atoms with van der Waals surface area (Å²) >= 11 is 4.37. The molecule has 2 nitrogen and oxygen atoms in total. The van der Waals surface area contributed by atoms with E-state index >= 15 is 0 Å². The first-order chi connectivity index (χ1) is 7.56. The van der Waals surface area contributed by atoms with Gasteiger partial charge in [0, 0.05) is 19.0 Å². The summed E-state index contributed by atoms with van der Waals surface area (Å²) in [6.07, 6.45) is 5.56. The van der Waals surface area contributed by atoms with E-state index in [2.05, 4.69) is 31.4 Å². The van der Waals surface area contributed by atoms with Gasteiger partial charge >= 0.3 is 0 Å². The molecule has 0 aliphatic heterocycles. The van der Waals surface area contributed by atoms with Crippen LogP contribution in [0.3, 0.4) is 0 Å². The van der Waals surface area contributed by atoms with E-state index < -0.39 is 0 Å². The van der Waals surface area contributed by atoms with Gasteiger partial charge in [0.25, 0.3) is 0 Å². The van der Waals surface area contributed by atoms with Gasteiger partial charge in [0.15, 0.2) is 0 Å². The van der Waals surface area contributed by atoms with E-state index in [1.165, 1.54) is 25.7 Å². The highest BCUT2D eigenvalue weighted by atomic mass is 32.1. The van der Waals surface area contributed by atoms with Gasteiger partial charge < -0.3 is 4.90 Å². The van der Waals surface area contributed by atoms with Crippen molar-refractivity contribution < 1.29 is 4.79 Å². The van der Waals surface area contributed by atoms with E-state index in [-0.39, 0.29) is 5.41 Å². The monoisotopic (exact) mass is 241 g/mol. The first kappa shape index (κ1) is 12.3. The molecule has 0 unspecified atom stereocenters. The number of carbonyl (C=O) groups is 1. The van der Waals surface area contributed by atoms with Crippen molar-refractivity contribution in [2.45, 2.75) is 52.0 Å². The zero-order valence-corrected chi connectivity index (χ0v) is 11.3. The molecule has 0 atom stereocenters. The third-order valence-electron chi connectivity index (χ3n) is 3.69. The van der Waals surface area contributed by atoms with E-state index in [1.807, 2.05) is 0 Å². The molecule has 3 heteroatoms. The van der Waals surface area contributed by atoms with Crippen LogP contribution >= 0.6 is 12.6 Å². The van der Waals surface area contributed by atoms with Gasteiger partial charge in [-0.15, -0.1) is 0 Å². The second-order valence-corrected chi connectivity index (χ2v) is 6.32. The van der Waals surface area contributed by atoms with E-state index in [0.717, 1.165) is 18.7 Å². The van der Waals surface area contributed by atoms with Crippen molar-refractivity contribution >= 4 is 18.5 Å². The molecule has 0 aromatic carbocycles. The van der Waals surface area contributed by atoms with Gasteiger partial charge in [-0.2, -0.15) is 12.6 Å². The standard InChI is InChI=1S/C13H23NOS/c1-10(2)8-14(11-3-4-11)12(15)7-13(9-16)5-6-13/h10-11,16H,3-9H2,1-2H3. The lowest BCUT2D eigenvalue weighted by molar-refractivity contribution is -0.133. The molecule has 2 rings (SSSR count). The van der Waals surface area contributed by atoms with Crippen molar-refractivity contribution in [2.24, 2.45) is 11.3 Å². The lowest BCUT2D eigenvalue weighted by Crippen LogP contribution is -2.37. The Bertz CT molecular complexity index is 269. The predicted octanol–water partition coefficient (Wildman–Crippen LogP) is 2.73. The summed E-state index contributed by atoms with van der Waals surface area (Å²) in [7, 11) is 0. The Balaban J connectivity index is 1.89. The van der Waals surface area contributed by atoms with Crippen LogP contribution in [0.25, 0.3) is 0 Å².